The fourth-order valence-electron chi connectivity index (χ4n) is 2.22. The normalized spacial score (nSPS) is 22.6. The third-order valence-corrected chi connectivity index (χ3v) is 4.81. The number of nitrogens with zero attached hydrogens (tertiary/aromatic N) is 1. The van der Waals surface area contributed by atoms with Gasteiger partial charge in [-0.1, -0.05) is 13.8 Å². The molecule has 2 nitrogen and oxygen atoms in total. The van der Waals surface area contributed by atoms with E-state index in [0.29, 0.717) is 6.04 Å². The summed E-state index contributed by atoms with van der Waals surface area (Å²) in [4.78, 5) is 2.53. The van der Waals surface area contributed by atoms with Crippen LogP contribution in [0, 0.1) is 5.92 Å². The van der Waals surface area contributed by atoms with Crippen molar-refractivity contribution in [3.05, 3.63) is 0 Å². The predicted molar refractivity (Wildman–Crippen MR) is 79.9 cm³/mol. The van der Waals surface area contributed by atoms with Crippen LogP contribution in [0.2, 0.25) is 0 Å². The van der Waals surface area contributed by atoms with E-state index in [1.54, 1.807) is 0 Å². The van der Waals surface area contributed by atoms with Gasteiger partial charge in [0.15, 0.2) is 0 Å². The van der Waals surface area contributed by atoms with Crippen LogP contribution < -0.4 is 5.32 Å². The van der Waals surface area contributed by atoms with Crippen molar-refractivity contribution in [3.8, 4) is 0 Å². The zero-order chi connectivity index (χ0) is 12.7. The average molecular weight is 258 g/mol. The molecule has 1 N–H and O–H groups in total. The molecule has 2 unspecified atom stereocenters. The van der Waals surface area contributed by atoms with E-state index in [1.165, 1.54) is 37.3 Å². The second kappa shape index (κ2) is 8.39. The van der Waals surface area contributed by atoms with Gasteiger partial charge < -0.3 is 10.2 Å². The first-order valence-electron chi connectivity index (χ1n) is 7.11. The number of nitrogens with one attached hydrogen (secondary N) is 1. The standard InChI is InChI=1S/C14H30N2S/c1-12(2)5-6-13(3)15-8-9-16(4)14-7-10-17-11-14/h12-15H,5-11H2,1-4H3. The Labute approximate surface area is 112 Å². The summed E-state index contributed by atoms with van der Waals surface area (Å²) in [7, 11) is 2.27. The molecule has 0 amide bonds. The van der Waals surface area contributed by atoms with Crippen molar-refractivity contribution < 1.29 is 0 Å². The molecule has 0 saturated carbocycles. The number of thioether (sulfide) groups is 1. The van der Waals surface area contributed by atoms with Gasteiger partial charge >= 0.3 is 0 Å². The number of rotatable bonds is 8. The first-order chi connectivity index (χ1) is 8.09. The molecule has 1 saturated heterocycles. The van der Waals surface area contributed by atoms with E-state index >= 15 is 0 Å². The summed E-state index contributed by atoms with van der Waals surface area (Å²) in [6, 6.07) is 1.50. The second-order valence-electron chi connectivity index (χ2n) is 5.82. The molecule has 0 aromatic heterocycles. The minimum absolute atomic E-state index is 0.670. The molecule has 1 fully saturated rings. The van der Waals surface area contributed by atoms with Gasteiger partial charge in [0, 0.05) is 30.9 Å². The van der Waals surface area contributed by atoms with Crippen LogP contribution >= 0.6 is 11.8 Å². The van der Waals surface area contributed by atoms with E-state index in [1.807, 2.05) is 0 Å². The molecule has 102 valence electrons. The fourth-order valence-corrected chi connectivity index (χ4v) is 3.52. The van der Waals surface area contributed by atoms with Crippen LogP contribution in [0.1, 0.15) is 40.0 Å². The Morgan fingerprint density at radius 3 is 2.65 bits per heavy atom. The van der Waals surface area contributed by atoms with E-state index in [-0.39, 0.29) is 0 Å². The molecule has 0 aliphatic carbocycles. The van der Waals surface area contributed by atoms with E-state index < -0.39 is 0 Å². The molecule has 0 spiro atoms. The Balaban J connectivity index is 2.02. The Hall–Kier alpha value is 0.270. The SMILES string of the molecule is CC(C)CCC(C)NCCN(C)C1CCSC1. The first kappa shape index (κ1) is 15.3. The lowest BCUT2D eigenvalue weighted by atomic mass is 10.0. The van der Waals surface area contributed by atoms with Crippen LogP contribution in [0.25, 0.3) is 0 Å². The summed E-state index contributed by atoms with van der Waals surface area (Å²) in [6.07, 6.45) is 4.02. The molecule has 0 aromatic carbocycles. The largest absolute Gasteiger partial charge is 0.313 e. The maximum absolute atomic E-state index is 3.64. The molecule has 0 radical (unpaired) electrons. The van der Waals surface area contributed by atoms with E-state index in [9.17, 15) is 0 Å². The van der Waals surface area contributed by atoms with Crippen molar-refractivity contribution in [3.63, 3.8) is 0 Å². The summed E-state index contributed by atoms with van der Waals surface area (Å²) in [5, 5.41) is 3.64. The third-order valence-electron chi connectivity index (χ3n) is 3.66. The third kappa shape index (κ3) is 6.68. The van der Waals surface area contributed by atoms with Gasteiger partial charge in [-0.05, 0) is 44.9 Å². The summed E-state index contributed by atoms with van der Waals surface area (Å²) >= 11 is 2.10. The number of hydrogen-bond donors (Lipinski definition) is 1. The molecule has 1 rings (SSSR count). The molecule has 17 heavy (non-hydrogen) atoms. The van der Waals surface area contributed by atoms with Crippen molar-refractivity contribution in [2.75, 3.05) is 31.6 Å². The van der Waals surface area contributed by atoms with Crippen LogP contribution in [-0.2, 0) is 0 Å². The summed E-state index contributed by atoms with van der Waals surface area (Å²) in [5.74, 6) is 3.52. The van der Waals surface area contributed by atoms with Gasteiger partial charge in [-0.15, -0.1) is 0 Å². The highest BCUT2D eigenvalue weighted by atomic mass is 32.2. The van der Waals surface area contributed by atoms with Gasteiger partial charge in [-0.2, -0.15) is 11.8 Å². The quantitative estimate of drug-likeness (QED) is 0.721. The average Bonchev–Trinajstić information content (AvgIpc) is 2.79. The van der Waals surface area contributed by atoms with E-state index in [4.69, 9.17) is 0 Å². The monoisotopic (exact) mass is 258 g/mol. The van der Waals surface area contributed by atoms with Gasteiger partial charge in [0.1, 0.15) is 0 Å². The Morgan fingerprint density at radius 1 is 1.29 bits per heavy atom. The zero-order valence-electron chi connectivity index (χ0n) is 12.0. The molecule has 0 bridgehead atoms. The fraction of sp³-hybridized carbons (Fsp3) is 1.00. The van der Waals surface area contributed by atoms with Crippen LogP contribution in [0.5, 0.6) is 0 Å². The Bertz CT molecular complexity index is 191. The van der Waals surface area contributed by atoms with Crippen molar-refractivity contribution in [1.29, 1.82) is 0 Å². The highest BCUT2D eigenvalue weighted by molar-refractivity contribution is 7.99. The van der Waals surface area contributed by atoms with Crippen molar-refractivity contribution in [2.45, 2.75) is 52.1 Å². The highest BCUT2D eigenvalue weighted by Crippen LogP contribution is 2.20. The van der Waals surface area contributed by atoms with Crippen molar-refractivity contribution in [2.24, 2.45) is 5.92 Å². The molecule has 1 aliphatic heterocycles. The zero-order valence-corrected chi connectivity index (χ0v) is 12.9. The first-order valence-corrected chi connectivity index (χ1v) is 8.26. The lowest BCUT2D eigenvalue weighted by molar-refractivity contribution is 0.257. The highest BCUT2D eigenvalue weighted by Gasteiger charge is 2.19. The van der Waals surface area contributed by atoms with E-state index in [0.717, 1.165) is 18.5 Å². The van der Waals surface area contributed by atoms with Gasteiger partial charge in [0.05, 0.1) is 0 Å². The molecular weight excluding hydrogens is 228 g/mol. The number of likely N-dealkylation sites (N-methyl/N-ethyl adjacent to an activating group) is 1. The lowest BCUT2D eigenvalue weighted by Gasteiger charge is -2.24. The molecule has 1 heterocycles. The van der Waals surface area contributed by atoms with Crippen LogP contribution in [-0.4, -0.2) is 48.6 Å². The topological polar surface area (TPSA) is 15.3 Å². The smallest absolute Gasteiger partial charge is 0.0191 e. The maximum atomic E-state index is 3.64. The van der Waals surface area contributed by atoms with E-state index in [2.05, 4.69) is 49.8 Å². The Kier molecular flexibility index (Phi) is 7.56. The molecule has 2 atom stereocenters. The molecule has 3 heteroatoms. The van der Waals surface area contributed by atoms with Crippen LogP contribution in [0.15, 0.2) is 0 Å². The second-order valence-corrected chi connectivity index (χ2v) is 6.97. The van der Waals surface area contributed by atoms with Gasteiger partial charge in [0.2, 0.25) is 0 Å². The minimum atomic E-state index is 0.670. The number of hydrogen-bond acceptors (Lipinski definition) is 3. The summed E-state index contributed by atoms with van der Waals surface area (Å²) in [5.41, 5.74) is 0. The summed E-state index contributed by atoms with van der Waals surface area (Å²) in [6.45, 7) is 9.25. The lowest BCUT2D eigenvalue weighted by Crippen LogP contribution is -2.39. The predicted octanol–water partition coefficient (Wildman–Crippen LogP) is 2.84. The van der Waals surface area contributed by atoms with Crippen LogP contribution in [0.4, 0.5) is 0 Å². The minimum Gasteiger partial charge on any atom is -0.313 e. The van der Waals surface area contributed by atoms with Gasteiger partial charge in [-0.3, -0.25) is 0 Å². The summed E-state index contributed by atoms with van der Waals surface area (Å²) < 4.78 is 0. The van der Waals surface area contributed by atoms with Crippen molar-refractivity contribution in [1.82, 2.24) is 10.2 Å². The van der Waals surface area contributed by atoms with Gasteiger partial charge in [-0.25, -0.2) is 0 Å². The molecule has 1 aliphatic rings. The Morgan fingerprint density at radius 2 is 2.06 bits per heavy atom. The van der Waals surface area contributed by atoms with Crippen LogP contribution in [0.3, 0.4) is 0 Å². The molecular formula is C14H30N2S. The maximum Gasteiger partial charge on any atom is 0.0191 e. The van der Waals surface area contributed by atoms with Crippen molar-refractivity contribution >= 4 is 11.8 Å². The molecule has 0 aromatic rings. The van der Waals surface area contributed by atoms with Gasteiger partial charge in [0.25, 0.3) is 0 Å².